The molecule has 0 spiro atoms. The zero-order chi connectivity index (χ0) is 10.7. The zero-order valence-corrected chi connectivity index (χ0v) is 9.59. The van der Waals surface area contributed by atoms with Crippen molar-refractivity contribution in [2.45, 2.75) is 13.0 Å². The van der Waals surface area contributed by atoms with Gasteiger partial charge in [0.1, 0.15) is 11.4 Å². The van der Waals surface area contributed by atoms with Crippen LogP contribution in [0.15, 0.2) is 6.20 Å². The van der Waals surface area contributed by atoms with Crippen molar-refractivity contribution in [3.05, 3.63) is 21.0 Å². The predicted octanol–water partition coefficient (Wildman–Crippen LogP) is 2.09. The summed E-state index contributed by atoms with van der Waals surface area (Å²) in [6.07, 6.45) is -1.32. The molecule has 78 valence electrons. The highest BCUT2D eigenvalue weighted by molar-refractivity contribution is 14.1. The van der Waals surface area contributed by atoms with Gasteiger partial charge in [-0.05, 0) is 22.6 Å². The molecule has 0 unspecified atom stereocenters. The second-order valence-electron chi connectivity index (χ2n) is 2.51. The van der Waals surface area contributed by atoms with Gasteiger partial charge in [-0.2, -0.15) is 0 Å². The molecule has 0 aliphatic heterocycles. The van der Waals surface area contributed by atoms with E-state index in [0.717, 1.165) is 0 Å². The summed E-state index contributed by atoms with van der Waals surface area (Å²) >= 11 is 1.80. The van der Waals surface area contributed by atoms with Gasteiger partial charge in [0.05, 0.1) is 13.3 Å². The molecule has 0 bridgehead atoms. The molecule has 3 nitrogen and oxygen atoms in total. The lowest BCUT2D eigenvalue weighted by atomic mass is 10.2. The van der Waals surface area contributed by atoms with Crippen LogP contribution in [-0.4, -0.2) is 12.1 Å². The standard InChI is InChI=1S/C8H9F2IN2O/c1-14-5-3-13-7(8(9)10)6(11)4(5)2-12/h3,8H,2,12H2,1H3. The third-order valence-electron chi connectivity index (χ3n) is 1.74. The maximum Gasteiger partial charge on any atom is 0.281 e. The van der Waals surface area contributed by atoms with E-state index >= 15 is 0 Å². The lowest BCUT2D eigenvalue weighted by Gasteiger charge is -2.11. The van der Waals surface area contributed by atoms with Crippen molar-refractivity contribution in [1.29, 1.82) is 0 Å². The first-order valence-corrected chi connectivity index (χ1v) is 4.89. The third kappa shape index (κ3) is 2.11. The molecule has 0 aromatic carbocycles. The van der Waals surface area contributed by atoms with E-state index in [2.05, 4.69) is 4.98 Å². The van der Waals surface area contributed by atoms with Crippen LogP contribution in [0.2, 0.25) is 0 Å². The Hall–Kier alpha value is -0.500. The first kappa shape index (κ1) is 11.6. The van der Waals surface area contributed by atoms with Gasteiger partial charge < -0.3 is 10.5 Å². The van der Waals surface area contributed by atoms with Crippen LogP contribution >= 0.6 is 22.6 Å². The molecule has 14 heavy (non-hydrogen) atoms. The zero-order valence-electron chi connectivity index (χ0n) is 7.43. The molecule has 0 radical (unpaired) electrons. The minimum absolute atomic E-state index is 0.156. The van der Waals surface area contributed by atoms with Crippen molar-refractivity contribution in [3.63, 3.8) is 0 Å². The van der Waals surface area contributed by atoms with Crippen LogP contribution in [0, 0.1) is 3.57 Å². The van der Waals surface area contributed by atoms with Gasteiger partial charge in [-0.3, -0.25) is 4.98 Å². The van der Waals surface area contributed by atoms with E-state index in [-0.39, 0.29) is 12.2 Å². The predicted molar refractivity (Wildman–Crippen MR) is 56.4 cm³/mol. The van der Waals surface area contributed by atoms with Gasteiger partial charge in [-0.1, -0.05) is 0 Å². The molecular weight excluding hydrogens is 305 g/mol. The highest BCUT2D eigenvalue weighted by Gasteiger charge is 2.18. The summed E-state index contributed by atoms with van der Waals surface area (Å²) < 4.78 is 30.2. The highest BCUT2D eigenvalue weighted by atomic mass is 127. The van der Waals surface area contributed by atoms with Crippen LogP contribution in [-0.2, 0) is 6.54 Å². The Kier molecular flexibility index (Phi) is 3.99. The molecule has 0 atom stereocenters. The van der Waals surface area contributed by atoms with Crippen molar-refractivity contribution in [1.82, 2.24) is 4.98 Å². The fourth-order valence-corrected chi connectivity index (χ4v) is 1.90. The van der Waals surface area contributed by atoms with E-state index in [0.29, 0.717) is 14.9 Å². The lowest BCUT2D eigenvalue weighted by Crippen LogP contribution is -2.07. The van der Waals surface area contributed by atoms with Crippen molar-refractivity contribution in [2.75, 3.05) is 7.11 Å². The summed E-state index contributed by atoms with van der Waals surface area (Å²) in [7, 11) is 1.45. The van der Waals surface area contributed by atoms with Crippen LogP contribution in [0.1, 0.15) is 17.7 Å². The minimum atomic E-state index is -2.59. The first-order valence-electron chi connectivity index (χ1n) is 3.81. The molecule has 6 heteroatoms. The third-order valence-corrected chi connectivity index (χ3v) is 2.94. The van der Waals surface area contributed by atoms with E-state index in [9.17, 15) is 8.78 Å². The van der Waals surface area contributed by atoms with E-state index in [1.165, 1.54) is 13.3 Å². The van der Waals surface area contributed by atoms with Crippen LogP contribution in [0.5, 0.6) is 5.75 Å². The van der Waals surface area contributed by atoms with E-state index in [1.807, 2.05) is 0 Å². The number of nitrogens with zero attached hydrogens (tertiary/aromatic N) is 1. The van der Waals surface area contributed by atoms with Crippen molar-refractivity contribution >= 4 is 22.6 Å². The summed E-state index contributed by atoms with van der Waals surface area (Å²) in [6.45, 7) is 0.156. The van der Waals surface area contributed by atoms with Gasteiger partial charge in [-0.15, -0.1) is 0 Å². The molecule has 0 saturated carbocycles. The SMILES string of the molecule is COc1cnc(C(F)F)c(I)c1CN. The summed E-state index contributed by atoms with van der Waals surface area (Å²) in [5.41, 5.74) is 5.76. The Morgan fingerprint density at radius 2 is 2.29 bits per heavy atom. The van der Waals surface area contributed by atoms with E-state index in [4.69, 9.17) is 10.5 Å². The molecule has 2 N–H and O–H groups in total. The molecule has 0 aliphatic rings. The van der Waals surface area contributed by atoms with Crippen LogP contribution < -0.4 is 10.5 Å². The molecule has 0 aliphatic carbocycles. The number of hydrogen-bond acceptors (Lipinski definition) is 3. The average Bonchev–Trinajstić information content (AvgIpc) is 2.16. The topological polar surface area (TPSA) is 48.1 Å². The second kappa shape index (κ2) is 4.83. The number of hydrogen-bond donors (Lipinski definition) is 1. The van der Waals surface area contributed by atoms with Gasteiger partial charge >= 0.3 is 0 Å². The Morgan fingerprint density at radius 3 is 2.71 bits per heavy atom. The molecule has 1 aromatic heterocycles. The van der Waals surface area contributed by atoms with E-state index < -0.39 is 6.43 Å². The largest absolute Gasteiger partial charge is 0.495 e. The second-order valence-corrected chi connectivity index (χ2v) is 3.59. The fraction of sp³-hybridized carbons (Fsp3) is 0.375. The Balaban J connectivity index is 3.27. The van der Waals surface area contributed by atoms with Gasteiger partial charge in [0.25, 0.3) is 6.43 Å². The number of nitrogens with two attached hydrogens (primary N) is 1. The monoisotopic (exact) mass is 314 g/mol. The fourth-order valence-electron chi connectivity index (χ4n) is 1.04. The Bertz CT molecular complexity index is 333. The molecule has 1 heterocycles. The van der Waals surface area contributed by atoms with Crippen molar-refractivity contribution < 1.29 is 13.5 Å². The highest BCUT2D eigenvalue weighted by Crippen LogP contribution is 2.29. The number of aromatic nitrogens is 1. The Morgan fingerprint density at radius 1 is 1.64 bits per heavy atom. The minimum Gasteiger partial charge on any atom is -0.495 e. The summed E-state index contributed by atoms with van der Waals surface area (Å²) in [4.78, 5) is 3.62. The first-order chi connectivity index (χ1) is 6.61. The molecule has 0 saturated heterocycles. The molecule has 1 rings (SSSR count). The number of methoxy groups -OCH3 is 1. The molecule has 0 fully saturated rings. The average molecular weight is 314 g/mol. The quantitative estimate of drug-likeness (QED) is 0.869. The normalized spacial score (nSPS) is 10.7. The van der Waals surface area contributed by atoms with Gasteiger partial charge in [0.15, 0.2) is 0 Å². The van der Waals surface area contributed by atoms with E-state index in [1.54, 1.807) is 22.6 Å². The number of alkyl halides is 2. The van der Waals surface area contributed by atoms with Crippen LogP contribution in [0.4, 0.5) is 8.78 Å². The lowest BCUT2D eigenvalue weighted by molar-refractivity contribution is 0.144. The molecule has 1 aromatic rings. The maximum absolute atomic E-state index is 12.4. The Labute approximate surface area is 93.8 Å². The number of halogens is 3. The van der Waals surface area contributed by atoms with Crippen LogP contribution in [0.3, 0.4) is 0 Å². The summed E-state index contributed by atoms with van der Waals surface area (Å²) in [6, 6.07) is 0. The maximum atomic E-state index is 12.4. The number of rotatable bonds is 3. The smallest absolute Gasteiger partial charge is 0.281 e. The van der Waals surface area contributed by atoms with Crippen molar-refractivity contribution in [2.24, 2.45) is 5.73 Å². The van der Waals surface area contributed by atoms with Gasteiger partial charge in [0, 0.05) is 15.7 Å². The van der Waals surface area contributed by atoms with Crippen LogP contribution in [0.25, 0.3) is 0 Å². The molecule has 0 amide bonds. The molecular formula is C8H9F2IN2O. The van der Waals surface area contributed by atoms with Crippen molar-refractivity contribution in [3.8, 4) is 5.75 Å². The van der Waals surface area contributed by atoms with Gasteiger partial charge in [-0.25, -0.2) is 8.78 Å². The number of ether oxygens (including phenoxy) is 1. The summed E-state index contributed by atoms with van der Waals surface area (Å²) in [5.74, 6) is 0.446. The summed E-state index contributed by atoms with van der Waals surface area (Å²) in [5, 5.41) is 0. The van der Waals surface area contributed by atoms with Gasteiger partial charge in [0.2, 0.25) is 0 Å². The number of pyridine rings is 1.